The van der Waals surface area contributed by atoms with Gasteiger partial charge >= 0.3 is 5.97 Å². The standard InChI is InChI=1S/C14H24O2/c1-6-14(13(3,4)5)9-7-12(8-10-14)16-11(2)15/h6,12H,1,7-10H2,2-5H3. The molecule has 0 unspecified atom stereocenters. The van der Waals surface area contributed by atoms with Crippen molar-refractivity contribution in [3.05, 3.63) is 12.7 Å². The molecule has 0 saturated heterocycles. The molecule has 0 amide bonds. The normalized spacial score (nSPS) is 30.9. The Morgan fingerprint density at radius 2 is 1.88 bits per heavy atom. The van der Waals surface area contributed by atoms with Crippen LogP contribution >= 0.6 is 0 Å². The summed E-state index contributed by atoms with van der Waals surface area (Å²) in [6.45, 7) is 12.3. The van der Waals surface area contributed by atoms with Gasteiger partial charge in [0, 0.05) is 6.92 Å². The van der Waals surface area contributed by atoms with Gasteiger partial charge in [0.05, 0.1) is 0 Å². The SMILES string of the molecule is C=CC1(C(C)(C)C)CCC(OC(C)=O)CC1. The minimum Gasteiger partial charge on any atom is -0.463 e. The Bertz CT molecular complexity index is 265. The van der Waals surface area contributed by atoms with Crippen LogP contribution in [-0.2, 0) is 9.53 Å². The van der Waals surface area contributed by atoms with Crippen LogP contribution in [0.25, 0.3) is 0 Å². The Morgan fingerprint density at radius 3 is 2.19 bits per heavy atom. The molecule has 0 bridgehead atoms. The second-order valence-electron chi connectivity index (χ2n) is 5.92. The summed E-state index contributed by atoms with van der Waals surface area (Å²) in [6.07, 6.45) is 6.28. The summed E-state index contributed by atoms with van der Waals surface area (Å²) in [5, 5.41) is 0. The molecular formula is C14H24O2. The summed E-state index contributed by atoms with van der Waals surface area (Å²) in [4.78, 5) is 10.9. The van der Waals surface area contributed by atoms with E-state index in [9.17, 15) is 4.79 Å². The third-order valence-electron chi connectivity index (χ3n) is 4.04. The minimum absolute atomic E-state index is 0.118. The van der Waals surface area contributed by atoms with Crippen LogP contribution < -0.4 is 0 Å². The van der Waals surface area contributed by atoms with E-state index in [0.717, 1.165) is 25.7 Å². The van der Waals surface area contributed by atoms with Crippen molar-refractivity contribution in [1.29, 1.82) is 0 Å². The van der Waals surface area contributed by atoms with Crippen LogP contribution in [0, 0.1) is 10.8 Å². The summed E-state index contributed by atoms with van der Waals surface area (Å²) in [5.74, 6) is -0.160. The molecule has 16 heavy (non-hydrogen) atoms. The first kappa shape index (κ1) is 13.3. The van der Waals surface area contributed by atoms with Crippen molar-refractivity contribution in [1.82, 2.24) is 0 Å². The van der Waals surface area contributed by atoms with Crippen molar-refractivity contribution in [2.45, 2.75) is 59.5 Å². The van der Waals surface area contributed by atoms with E-state index in [1.54, 1.807) is 0 Å². The van der Waals surface area contributed by atoms with E-state index in [2.05, 4.69) is 33.4 Å². The first-order valence-electron chi connectivity index (χ1n) is 6.11. The Balaban J connectivity index is 2.64. The van der Waals surface area contributed by atoms with Crippen LogP contribution in [0.3, 0.4) is 0 Å². The average molecular weight is 224 g/mol. The van der Waals surface area contributed by atoms with Gasteiger partial charge in [0.15, 0.2) is 0 Å². The zero-order valence-corrected chi connectivity index (χ0v) is 11.0. The topological polar surface area (TPSA) is 26.3 Å². The Morgan fingerprint density at radius 1 is 1.38 bits per heavy atom. The van der Waals surface area contributed by atoms with Crippen LogP contribution in [0.1, 0.15) is 53.4 Å². The monoisotopic (exact) mass is 224 g/mol. The van der Waals surface area contributed by atoms with Crippen molar-refractivity contribution in [3.63, 3.8) is 0 Å². The quantitative estimate of drug-likeness (QED) is 0.528. The molecule has 0 radical (unpaired) electrons. The number of carbonyl (C=O) groups excluding carboxylic acids is 1. The second-order valence-corrected chi connectivity index (χ2v) is 5.92. The molecule has 0 N–H and O–H groups in total. The van der Waals surface area contributed by atoms with E-state index in [-0.39, 0.29) is 22.9 Å². The lowest BCUT2D eigenvalue weighted by Gasteiger charge is -2.47. The smallest absolute Gasteiger partial charge is 0.302 e. The number of rotatable bonds is 2. The van der Waals surface area contributed by atoms with Crippen LogP contribution in [0.4, 0.5) is 0 Å². The molecule has 1 saturated carbocycles. The van der Waals surface area contributed by atoms with E-state index in [1.807, 2.05) is 0 Å². The number of carbonyl (C=O) groups is 1. The lowest BCUT2D eigenvalue weighted by Crippen LogP contribution is -2.39. The highest BCUT2D eigenvalue weighted by Gasteiger charge is 2.42. The molecule has 0 atom stereocenters. The number of ether oxygens (including phenoxy) is 1. The van der Waals surface area contributed by atoms with Gasteiger partial charge < -0.3 is 4.74 Å². The van der Waals surface area contributed by atoms with E-state index in [1.165, 1.54) is 6.92 Å². The van der Waals surface area contributed by atoms with Gasteiger partial charge in [-0.05, 0) is 36.5 Å². The summed E-state index contributed by atoms with van der Waals surface area (Å²) < 4.78 is 5.27. The third kappa shape index (κ3) is 2.66. The highest BCUT2D eigenvalue weighted by atomic mass is 16.5. The summed E-state index contributed by atoms with van der Waals surface area (Å²) in [6, 6.07) is 0. The van der Waals surface area contributed by atoms with Crippen molar-refractivity contribution in [3.8, 4) is 0 Å². The second kappa shape index (κ2) is 4.60. The molecule has 2 nitrogen and oxygen atoms in total. The zero-order chi connectivity index (χ0) is 12.4. The maximum absolute atomic E-state index is 10.9. The fraction of sp³-hybridized carbons (Fsp3) is 0.786. The fourth-order valence-corrected chi connectivity index (χ4v) is 2.72. The maximum atomic E-state index is 10.9. The van der Waals surface area contributed by atoms with Crippen LogP contribution in [0.15, 0.2) is 12.7 Å². The van der Waals surface area contributed by atoms with Gasteiger partial charge in [0.2, 0.25) is 0 Å². The molecule has 92 valence electrons. The highest BCUT2D eigenvalue weighted by Crippen LogP contribution is 2.50. The minimum atomic E-state index is -0.160. The lowest BCUT2D eigenvalue weighted by atomic mass is 9.59. The number of hydrogen-bond donors (Lipinski definition) is 0. The predicted octanol–water partition coefficient (Wildman–Crippen LogP) is 3.71. The van der Waals surface area contributed by atoms with Gasteiger partial charge in [0.25, 0.3) is 0 Å². The number of esters is 1. The highest BCUT2D eigenvalue weighted by molar-refractivity contribution is 5.66. The van der Waals surface area contributed by atoms with Crippen molar-refractivity contribution in [2.75, 3.05) is 0 Å². The Labute approximate surface area is 99.1 Å². The molecule has 0 aliphatic heterocycles. The fourth-order valence-electron chi connectivity index (χ4n) is 2.72. The lowest BCUT2D eigenvalue weighted by molar-refractivity contribution is -0.149. The number of hydrogen-bond acceptors (Lipinski definition) is 2. The van der Waals surface area contributed by atoms with E-state index in [4.69, 9.17) is 4.74 Å². The van der Waals surface area contributed by atoms with Gasteiger partial charge in [-0.3, -0.25) is 4.79 Å². The van der Waals surface area contributed by atoms with Crippen molar-refractivity contribution < 1.29 is 9.53 Å². The average Bonchev–Trinajstić information content (AvgIpc) is 2.16. The maximum Gasteiger partial charge on any atom is 0.302 e. The van der Waals surface area contributed by atoms with E-state index in [0.29, 0.717) is 0 Å². The van der Waals surface area contributed by atoms with Crippen LogP contribution in [0.2, 0.25) is 0 Å². The summed E-state index contributed by atoms with van der Waals surface area (Å²) in [7, 11) is 0. The molecule has 1 rings (SSSR count). The van der Waals surface area contributed by atoms with Crippen LogP contribution in [0.5, 0.6) is 0 Å². The first-order valence-corrected chi connectivity index (χ1v) is 6.11. The molecule has 0 aromatic rings. The van der Waals surface area contributed by atoms with Gasteiger partial charge in [0.1, 0.15) is 6.10 Å². The van der Waals surface area contributed by atoms with Gasteiger partial charge in [-0.1, -0.05) is 26.8 Å². The summed E-state index contributed by atoms with van der Waals surface area (Å²) in [5.41, 5.74) is 0.430. The van der Waals surface area contributed by atoms with Gasteiger partial charge in [-0.15, -0.1) is 6.58 Å². The molecular weight excluding hydrogens is 200 g/mol. The molecule has 1 fully saturated rings. The Hall–Kier alpha value is -0.790. The van der Waals surface area contributed by atoms with Gasteiger partial charge in [-0.2, -0.15) is 0 Å². The van der Waals surface area contributed by atoms with Crippen molar-refractivity contribution >= 4 is 5.97 Å². The van der Waals surface area contributed by atoms with E-state index >= 15 is 0 Å². The third-order valence-corrected chi connectivity index (χ3v) is 4.04. The van der Waals surface area contributed by atoms with E-state index < -0.39 is 0 Å². The Kier molecular flexibility index (Phi) is 3.82. The summed E-state index contributed by atoms with van der Waals surface area (Å²) >= 11 is 0. The molecule has 0 aromatic carbocycles. The largest absolute Gasteiger partial charge is 0.463 e. The molecule has 0 heterocycles. The first-order chi connectivity index (χ1) is 7.31. The van der Waals surface area contributed by atoms with Crippen LogP contribution in [-0.4, -0.2) is 12.1 Å². The molecule has 1 aliphatic rings. The molecule has 0 spiro atoms. The zero-order valence-electron chi connectivity index (χ0n) is 11.0. The molecule has 1 aliphatic carbocycles. The van der Waals surface area contributed by atoms with Gasteiger partial charge in [-0.25, -0.2) is 0 Å². The van der Waals surface area contributed by atoms with Crippen molar-refractivity contribution in [2.24, 2.45) is 10.8 Å². The number of allylic oxidation sites excluding steroid dienone is 1. The molecule has 2 heteroatoms. The molecule has 0 aromatic heterocycles. The predicted molar refractivity (Wildman–Crippen MR) is 66.1 cm³/mol.